The first kappa shape index (κ1) is 18.3. The van der Waals surface area contributed by atoms with Crippen molar-refractivity contribution in [1.82, 2.24) is 9.97 Å². The number of aryl methyl sites for hydroxylation is 1. The number of methoxy groups -OCH3 is 2. The number of aromatic nitrogens is 2. The van der Waals surface area contributed by atoms with Crippen LogP contribution in [0.4, 0.5) is 17.3 Å². The molecule has 0 spiro atoms. The molecule has 140 valence electrons. The number of hydrogen-bond donors (Lipinski definition) is 2. The van der Waals surface area contributed by atoms with E-state index in [2.05, 4.69) is 20.6 Å². The van der Waals surface area contributed by atoms with Crippen LogP contribution in [0.1, 0.15) is 44.3 Å². The third-order valence-electron chi connectivity index (χ3n) is 4.70. The first-order chi connectivity index (χ1) is 12.7. The van der Waals surface area contributed by atoms with Crippen LogP contribution in [-0.2, 0) is 0 Å². The van der Waals surface area contributed by atoms with E-state index < -0.39 is 0 Å². The lowest BCUT2D eigenvalue weighted by atomic mass is 10.1. The Hall–Kier alpha value is -2.50. The molecule has 1 heterocycles. The molecule has 0 aliphatic heterocycles. The Balaban J connectivity index is 1.75. The van der Waals surface area contributed by atoms with Gasteiger partial charge in [0.15, 0.2) is 11.5 Å². The zero-order valence-corrected chi connectivity index (χ0v) is 15.8. The molecule has 0 amide bonds. The second kappa shape index (κ2) is 8.74. The molecule has 1 saturated carbocycles. The Bertz CT molecular complexity index is 728. The van der Waals surface area contributed by atoms with Gasteiger partial charge < -0.3 is 20.1 Å². The lowest BCUT2D eigenvalue weighted by molar-refractivity contribution is 0.355. The van der Waals surface area contributed by atoms with Crippen molar-refractivity contribution < 1.29 is 9.47 Å². The lowest BCUT2D eigenvalue weighted by Crippen LogP contribution is -2.19. The molecule has 6 heteroatoms. The second-order valence-electron chi connectivity index (χ2n) is 6.71. The molecular formula is C20H28N4O2. The monoisotopic (exact) mass is 356 g/mol. The van der Waals surface area contributed by atoms with E-state index in [1.54, 1.807) is 14.2 Å². The highest BCUT2D eigenvalue weighted by molar-refractivity contribution is 5.63. The fourth-order valence-corrected chi connectivity index (χ4v) is 3.40. The van der Waals surface area contributed by atoms with Crippen LogP contribution in [0.5, 0.6) is 11.5 Å². The summed E-state index contributed by atoms with van der Waals surface area (Å²) in [5.41, 5.74) is 0.890. The maximum atomic E-state index is 5.36. The van der Waals surface area contributed by atoms with Gasteiger partial charge >= 0.3 is 0 Å². The van der Waals surface area contributed by atoms with Crippen LogP contribution in [0, 0.1) is 6.92 Å². The summed E-state index contributed by atoms with van der Waals surface area (Å²) in [6, 6.07) is 8.18. The van der Waals surface area contributed by atoms with Crippen molar-refractivity contribution in [3.05, 3.63) is 30.1 Å². The molecule has 1 fully saturated rings. The molecular weight excluding hydrogens is 328 g/mol. The van der Waals surface area contributed by atoms with Crippen molar-refractivity contribution in [3.63, 3.8) is 0 Å². The molecule has 1 aromatic heterocycles. The van der Waals surface area contributed by atoms with Crippen molar-refractivity contribution in [2.24, 2.45) is 0 Å². The van der Waals surface area contributed by atoms with Crippen LogP contribution >= 0.6 is 0 Å². The predicted molar refractivity (Wildman–Crippen MR) is 105 cm³/mol. The first-order valence-electron chi connectivity index (χ1n) is 9.29. The summed E-state index contributed by atoms with van der Waals surface area (Å²) in [6.07, 6.45) is 7.68. The fraction of sp³-hybridized carbons (Fsp3) is 0.500. The van der Waals surface area contributed by atoms with Crippen molar-refractivity contribution in [1.29, 1.82) is 0 Å². The number of nitrogens with zero attached hydrogens (tertiary/aromatic N) is 2. The second-order valence-corrected chi connectivity index (χ2v) is 6.71. The van der Waals surface area contributed by atoms with Crippen LogP contribution in [-0.4, -0.2) is 30.2 Å². The van der Waals surface area contributed by atoms with Gasteiger partial charge in [-0.1, -0.05) is 25.7 Å². The summed E-state index contributed by atoms with van der Waals surface area (Å²) >= 11 is 0. The molecule has 0 atom stereocenters. The molecule has 1 aliphatic carbocycles. The van der Waals surface area contributed by atoms with Crippen molar-refractivity contribution in [3.8, 4) is 11.5 Å². The summed E-state index contributed by atoms with van der Waals surface area (Å²) in [6.45, 7) is 1.91. The first-order valence-corrected chi connectivity index (χ1v) is 9.29. The van der Waals surface area contributed by atoms with Crippen LogP contribution in [0.2, 0.25) is 0 Å². The lowest BCUT2D eigenvalue weighted by Gasteiger charge is -2.18. The van der Waals surface area contributed by atoms with Gasteiger partial charge in [-0.25, -0.2) is 9.97 Å². The molecule has 2 N–H and O–H groups in total. The van der Waals surface area contributed by atoms with Gasteiger partial charge in [0.1, 0.15) is 17.5 Å². The smallest absolute Gasteiger partial charge is 0.162 e. The molecule has 0 unspecified atom stereocenters. The van der Waals surface area contributed by atoms with Crippen LogP contribution in [0.25, 0.3) is 0 Å². The van der Waals surface area contributed by atoms with E-state index in [0.717, 1.165) is 23.1 Å². The molecule has 0 saturated heterocycles. The fourth-order valence-electron chi connectivity index (χ4n) is 3.40. The Morgan fingerprint density at radius 1 is 0.885 bits per heavy atom. The highest BCUT2D eigenvalue weighted by atomic mass is 16.5. The van der Waals surface area contributed by atoms with E-state index in [-0.39, 0.29) is 0 Å². The number of benzene rings is 1. The van der Waals surface area contributed by atoms with Crippen LogP contribution in [0.15, 0.2) is 24.3 Å². The van der Waals surface area contributed by atoms with Gasteiger partial charge in [-0.05, 0) is 31.9 Å². The predicted octanol–water partition coefficient (Wildman–Crippen LogP) is 4.68. The number of nitrogens with one attached hydrogen (secondary N) is 2. The van der Waals surface area contributed by atoms with E-state index in [4.69, 9.17) is 9.47 Å². The highest BCUT2D eigenvalue weighted by Gasteiger charge is 2.13. The van der Waals surface area contributed by atoms with Crippen molar-refractivity contribution in [2.45, 2.75) is 51.5 Å². The Morgan fingerprint density at radius 2 is 1.58 bits per heavy atom. The van der Waals surface area contributed by atoms with E-state index >= 15 is 0 Å². The molecule has 3 rings (SSSR count). The van der Waals surface area contributed by atoms with Gasteiger partial charge in [-0.2, -0.15) is 0 Å². The SMILES string of the molecule is COc1ccc(Nc2cc(NC3CCCCCC3)nc(C)n2)cc1OC. The largest absolute Gasteiger partial charge is 0.493 e. The minimum Gasteiger partial charge on any atom is -0.493 e. The third-order valence-corrected chi connectivity index (χ3v) is 4.70. The van der Waals surface area contributed by atoms with Gasteiger partial charge in [0, 0.05) is 23.9 Å². The zero-order valence-electron chi connectivity index (χ0n) is 15.8. The number of ether oxygens (including phenoxy) is 2. The number of anilines is 3. The molecule has 26 heavy (non-hydrogen) atoms. The average molecular weight is 356 g/mol. The molecule has 6 nitrogen and oxygen atoms in total. The van der Waals surface area contributed by atoms with Crippen molar-refractivity contribution in [2.75, 3.05) is 24.9 Å². The van der Waals surface area contributed by atoms with Gasteiger partial charge in [0.25, 0.3) is 0 Å². The third kappa shape index (κ3) is 4.77. The van der Waals surface area contributed by atoms with Gasteiger partial charge in [0.05, 0.1) is 14.2 Å². The van der Waals surface area contributed by atoms with Crippen LogP contribution < -0.4 is 20.1 Å². The molecule has 0 bridgehead atoms. The summed E-state index contributed by atoms with van der Waals surface area (Å²) in [7, 11) is 3.26. The minimum atomic E-state index is 0.501. The topological polar surface area (TPSA) is 68.3 Å². The summed E-state index contributed by atoms with van der Waals surface area (Å²) < 4.78 is 10.7. The molecule has 0 radical (unpaired) electrons. The minimum absolute atomic E-state index is 0.501. The standard InChI is InChI=1S/C20H28N4O2/c1-14-21-19(23-15-8-6-4-5-7-9-15)13-20(22-14)24-16-10-11-17(25-2)18(12-16)26-3/h10-13,15H,4-9H2,1-3H3,(H2,21,22,23,24). The van der Waals surface area contributed by atoms with Gasteiger partial charge in [0.2, 0.25) is 0 Å². The van der Waals surface area contributed by atoms with E-state index in [1.807, 2.05) is 31.2 Å². The summed E-state index contributed by atoms with van der Waals surface area (Å²) in [4.78, 5) is 9.06. The summed E-state index contributed by atoms with van der Waals surface area (Å²) in [5.74, 6) is 3.77. The van der Waals surface area contributed by atoms with Crippen LogP contribution in [0.3, 0.4) is 0 Å². The van der Waals surface area contributed by atoms with E-state index in [9.17, 15) is 0 Å². The number of hydrogen-bond acceptors (Lipinski definition) is 6. The Kier molecular flexibility index (Phi) is 6.15. The van der Waals surface area contributed by atoms with Gasteiger partial charge in [-0.15, -0.1) is 0 Å². The van der Waals surface area contributed by atoms with E-state index in [0.29, 0.717) is 17.5 Å². The quantitative estimate of drug-likeness (QED) is 0.733. The molecule has 2 aromatic rings. The Labute approximate surface area is 155 Å². The normalized spacial score (nSPS) is 15.2. The maximum absolute atomic E-state index is 5.36. The zero-order chi connectivity index (χ0) is 18.4. The molecule has 1 aliphatic rings. The molecule has 1 aromatic carbocycles. The summed E-state index contributed by atoms with van der Waals surface area (Å²) in [5, 5.41) is 6.93. The maximum Gasteiger partial charge on any atom is 0.162 e. The van der Waals surface area contributed by atoms with Crippen molar-refractivity contribution >= 4 is 17.3 Å². The van der Waals surface area contributed by atoms with E-state index in [1.165, 1.54) is 38.5 Å². The highest BCUT2D eigenvalue weighted by Crippen LogP contribution is 2.31. The average Bonchev–Trinajstić information content (AvgIpc) is 2.89. The Morgan fingerprint density at radius 3 is 2.27 bits per heavy atom. The van der Waals surface area contributed by atoms with Gasteiger partial charge in [-0.3, -0.25) is 0 Å². The number of rotatable bonds is 6.